The summed E-state index contributed by atoms with van der Waals surface area (Å²) in [5.41, 5.74) is 3.37. The molecule has 2 aromatic heterocycles. The van der Waals surface area contributed by atoms with E-state index >= 15 is 0 Å². The van der Waals surface area contributed by atoms with E-state index in [9.17, 15) is 18.5 Å². The number of nitrogens with one attached hydrogen (secondary N) is 3. The minimum atomic E-state index is -2.55. The van der Waals surface area contributed by atoms with Crippen LogP contribution in [-0.2, 0) is 15.9 Å². The number of rotatable bonds is 11. The van der Waals surface area contributed by atoms with Crippen molar-refractivity contribution in [2.24, 2.45) is 0 Å². The van der Waals surface area contributed by atoms with E-state index in [0.717, 1.165) is 57.8 Å². The van der Waals surface area contributed by atoms with E-state index in [1.54, 1.807) is 26.5 Å². The van der Waals surface area contributed by atoms with Crippen LogP contribution in [-0.4, -0.2) is 109 Å². The number of methoxy groups -OCH3 is 1. The zero-order valence-electron chi connectivity index (χ0n) is 31.1. The molecule has 3 saturated heterocycles. The van der Waals surface area contributed by atoms with Crippen molar-refractivity contribution in [2.75, 3.05) is 86.7 Å². The van der Waals surface area contributed by atoms with Gasteiger partial charge in [-0.3, -0.25) is 24.8 Å². The molecular weight excluding hydrogens is 746 g/mol. The molecule has 0 atom stereocenters. The molecule has 0 aliphatic carbocycles. The topological polar surface area (TPSA) is 148 Å². The van der Waals surface area contributed by atoms with Crippen molar-refractivity contribution in [1.29, 1.82) is 0 Å². The third-order valence-corrected chi connectivity index (χ3v) is 12.1. The van der Waals surface area contributed by atoms with Crippen LogP contribution in [0, 0.1) is 5.95 Å². The highest BCUT2D eigenvalue weighted by molar-refractivity contribution is 7.70. The summed E-state index contributed by atoms with van der Waals surface area (Å²) in [6.45, 7) is 9.28. The van der Waals surface area contributed by atoms with Crippen LogP contribution in [0.4, 0.5) is 43.7 Å². The first-order chi connectivity index (χ1) is 26.4. The van der Waals surface area contributed by atoms with E-state index in [1.807, 2.05) is 36.4 Å². The number of para-hydroxylation sites is 1. The number of carbonyl (C=O) groups is 2. The SMILES string of the molecule is COc1cc(N2CCC(N3CCN(Cc4cc(N5CCC(=O)NC5=O)cnc4F)CC3)CC2)ccc1Nc1ncc(Cl)c(Nc2ccccc2P(C)(C)=O)n1. The first-order valence-electron chi connectivity index (χ1n) is 18.3. The average Bonchev–Trinajstić information content (AvgIpc) is 3.17. The molecule has 7 rings (SSSR count). The number of hydrogen-bond acceptors (Lipinski definition) is 12. The van der Waals surface area contributed by atoms with Crippen LogP contribution in [0.1, 0.15) is 24.8 Å². The van der Waals surface area contributed by atoms with Gasteiger partial charge in [-0.05, 0) is 56.5 Å². The summed E-state index contributed by atoms with van der Waals surface area (Å²) < 4.78 is 33.4. The van der Waals surface area contributed by atoms with Gasteiger partial charge in [0.1, 0.15) is 17.9 Å². The van der Waals surface area contributed by atoms with Gasteiger partial charge in [0, 0.05) is 87.4 Å². The summed E-state index contributed by atoms with van der Waals surface area (Å²) in [5.74, 6) is 0.509. The number of pyridine rings is 1. The average molecular weight is 791 g/mol. The van der Waals surface area contributed by atoms with Crippen molar-refractivity contribution in [3.05, 3.63) is 77.5 Å². The van der Waals surface area contributed by atoms with Crippen LogP contribution < -0.4 is 35.8 Å². The summed E-state index contributed by atoms with van der Waals surface area (Å²) in [4.78, 5) is 45.3. The standard InChI is InChI=1S/C38H45ClFN10O4P/c1-54-32-21-27(8-9-30(32)44-37-42-23-29(39)36(46-37)43-31-6-4-5-7-33(31)55(2,3)53)48-13-10-26(11-14-48)49-18-16-47(17-19-49)24-25-20-28(22-41-35(25)40)50-15-12-34(51)45-38(50)52/h4-9,20-23,26H,10-19,24H2,1-3H3,(H,45,51,52)(H2,42,43,44,46). The number of amides is 3. The molecule has 3 amide bonds. The maximum atomic E-state index is 14.7. The Bertz CT molecular complexity index is 2110. The molecule has 55 heavy (non-hydrogen) atoms. The molecule has 17 heteroatoms. The van der Waals surface area contributed by atoms with Crippen molar-refractivity contribution in [3.8, 4) is 5.75 Å². The lowest BCUT2D eigenvalue weighted by Gasteiger charge is -2.43. The molecule has 14 nitrogen and oxygen atoms in total. The van der Waals surface area contributed by atoms with Gasteiger partial charge in [0.25, 0.3) is 0 Å². The van der Waals surface area contributed by atoms with E-state index in [0.29, 0.717) is 63.1 Å². The van der Waals surface area contributed by atoms with Gasteiger partial charge in [-0.25, -0.2) is 14.8 Å². The molecule has 3 fully saturated rings. The Labute approximate surface area is 324 Å². The quantitative estimate of drug-likeness (QED) is 0.128. The Morgan fingerprint density at radius 2 is 1.69 bits per heavy atom. The minimum absolute atomic E-state index is 0.195. The number of anilines is 6. The highest BCUT2D eigenvalue weighted by Crippen LogP contribution is 2.39. The van der Waals surface area contributed by atoms with Gasteiger partial charge in [0.2, 0.25) is 17.8 Å². The van der Waals surface area contributed by atoms with E-state index in [2.05, 4.69) is 51.7 Å². The maximum absolute atomic E-state index is 14.7. The summed E-state index contributed by atoms with van der Waals surface area (Å²) in [6.07, 6.45) is 5.09. The van der Waals surface area contributed by atoms with Crippen molar-refractivity contribution in [3.63, 3.8) is 0 Å². The second-order valence-electron chi connectivity index (χ2n) is 14.3. The van der Waals surface area contributed by atoms with Crippen molar-refractivity contribution in [2.45, 2.75) is 31.8 Å². The van der Waals surface area contributed by atoms with Crippen LogP contribution in [0.2, 0.25) is 5.02 Å². The van der Waals surface area contributed by atoms with Gasteiger partial charge < -0.3 is 24.8 Å². The van der Waals surface area contributed by atoms with E-state index in [4.69, 9.17) is 16.3 Å². The van der Waals surface area contributed by atoms with Crippen LogP contribution in [0.3, 0.4) is 0 Å². The van der Waals surface area contributed by atoms with Crippen LogP contribution >= 0.6 is 18.7 Å². The molecule has 0 unspecified atom stereocenters. The second-order valence-corrected chi connectivity index (χ2v) is 17.9. The van der Waals surface area contributed by atoms with Crippen LogP contribution in [0.25, 0.3) is 0 Å². The molecule has 3 aliphatic rings. The number of imide groups is 1. The van der Waals surface area contributed by atoms with Crippen molar-refractivity contribution >= 4 is 70.5 Å². The lowest BCUT2D eigenvalue weighted by molar-refractivity contribution is -0.120. The van der Waals surface area contributed by atoms with Gasteiger partial charge in [-0.1, -0.05) is 23.7 Å². The highest BCUT2D eigenvalue weighted by atomic mass is 35.5. The molecule has 5 heterocycles. The van der Waals surface area contributed by atoms with E-state index in [1.165, 1.54) is 17.3 Å². The first-order valence-corrected chi connectivity index (χ1v) is 21.3. The van der Waals surface area contributed by atoms with Crippen LogP contribution in [0.15, 0.2) is 60.9 Å². The normalized spacial score (nSPS) is 17.6. The molecule has 290 valence electrons. The smallest absolute Gasteiger partial charge is 0.328 e. The molecule has 0 spiro atoms. The van der Waals surface area contributed by atoms with Gasteiger partial charge in [-0.2, -0.15) is 9.37 Å². The van der Waals surface area contributed by atoms with E-state index in [-0.39, 0.29) is 18.9 Å². The number of aromatic nitrogens is 3. The minimum Gasteiger partial charge on any atom is -0.494 e. The highest BCUT2D eigenvalue weighted by Gasteiger charge is 2.29. The Hall–Kier alpha value is -4.82. The third-order valence-electron chi connectivity index (χ3n) is 10.3. The van der Waals surface area contributed by atoms with Crippen molar-refractivity contribution in [1.82, 2.24) is 30.1 Å². The number of hydrogen-bond donors (Lipinski definition) is 3. The molecule has 0 bridgehead atoms. The number of piperidine rings is 1. The number of nitrogens with zero attached hydrogens (tertiary/aromatic N) is 7. The largest absolute Gasteiger partial charge is 0.494 e. The molecule has 4 aromatic rings. The van der Waals surface area contributed by atoms with Gasteiger partial charge in [0.15, 0.2) is 5.82 Å². The number of halogens is 2. The number of urea groups is 1. The van der Waals surface area contributed by atoms with Gasteiger partial charge in [0.05, 0.1) is 36.6 Å². The Kier molecular flexibility index (Phi) is 11.5. The number of piperazine rings is 1. The zero-order valence-corrected chi connectivity index (χ0v) is 32.7. The molecule has 2 aromatic carbocycles. The number of ether oxygens (including phenoxy) is 1. The third kappa shape index (κ3) is 9.02. The summed E-state index contributed by atoms with van der Waals surface area (Å²) >= 11 is 6.46. The Balaban J connectivity index is 0.922. The molecule has 3 aliphatic heterocycles. The number of benzene rings is 2. The van der Waals surface area contributed by atoms with Crippen molar-refractivity contribution < 1.29 is 23.3 Å². The predicted molar refractivity (Wildman–Crippen MR) is 214 cm³/mol. The Morgan fingerprint density at radius 1 is 0.927 bits per heavy atom. The zero-order chi connectivity index (χ0) is 38.7. The molecular formula is C38H45ClFN10O4P. The fraction of sp³-hybridized carbons (Fsp3) is 0.395. The molecule has 0 saturated carbocycles. The second kappa shape index (κ2) is 16.5. The summed E-state index contributed by atoms with van der Waals surface area (Å²) in [6, 6.07) is 15.1. The predicted octanol–water partition coefficient (Wildman–Crippen LogP) is 5.64. The van der Waals surface area contributed by atoms with Gasteiger partial charge >= 0.3 is 6.03 Å². The van der Waals surface area contributed by atoms with Crippen LogP contribution in [0.5, 0.6) is 5.75 Å². The maximum Gasteiger partial charge on any atom is 0.328 e. The van der Waals surface area contributed by atoms with Gasteiger partial charge in [-0.15, -0.1) is 0 Å². The molecule has 3 N–H and O–H groups in total. The fourth-order valence-electron chi connectivity index (χ4n) is 7.36. The number of carbonyl (C=O) groups excluding carboxylic acids is 2. The van der Waals surface area contributed by atoms with E-state index < -0.39 is 19.1 Å². The fourth-order valence-corrected chi connectivity index (χ4v) is 8.65. The lowest BCUT2D eigenvalue weighted by Crippen LogP contribution is -2.53. The summed E-state index contributed by atoms with van der Waals surface area (Å²) in [7, 11) is -0.919. The first kappa shape index (κ1) is 38.5. The lowest BCUT2D eigenvalue weighted by atomic mass is 10.0. The Morgan fingerprint density at radius 3 is 2.42 bits per heavy atom. The summed E-state index contributed by atoms with van der Waals surface area (Å²) in [5, 5.41) is 9.84. The monoisotopic (exact) mass is 790 g/mol. The molecule has 0 radical (unpaired) electrons.